The van der Waals surface area contributed by atoms with Gasteiger partial charge in [0.15, 0.2) is 5.96 Å². The minimum atomic E-state index is -0.473. The van der Waals surface area contributed by atoms with Crippen LogP contribution >= 0.6 is 23.1 Å². The Hall–Kier alpha value is -2.94. The Bertz CT molecular complexity index is 1080. The molecular formula is C21H21ClN4O3S. The summed E-state index contributed by atoms with van der Waals surface area (Å²) in [5.41, 5.74) is 9.18. The predicted octanol–water partition coefficient (Wildman–Crippen LogP) is 3.52. The van der Waals surface area contributed by atoms with Crippen LogP contribution in [-0.2, 0) is 13.2 Å². The number of aromatic nitrogens is 1. The molecule has 2 aromatic carbocycles. The van der Waals surface area contributed by atoms with Crippen LogP contribution in [0.1, 0.15) is 26.4 Å². The summed E-state index contributed by atoms with van der Waals surface area (Å²) in [4.78, 5) is 17.5. The van der Waals surface area contributed by atoms with Crippen molar-refractivity contribution in [2.24, 2.45) is 10.7 Å². The molecular weight excluding hydrogens is 424 g/mol. The first-order valence-corrected chi connectivity index (χ1v) is 10.2. The van der Waals surface area contributed by atoms with E-state index in [-0.39, 0.29) is 12.6 Å². The van der Waals surface area contributed by atoms with Gasteiger partial charge in [-0.05, 0) is 66.0 Å². The topological polar surface area (TPSA) is 110 Å². The fourth-order valence-electron chi connectivity index (χ4n) is 2.88. The van der Waals surface area contributed by atoms with Crippen molar-refractivity contribution >= 4 is 35.0 Å². The third-order valence-electron chi connectivity index (χ3n) is 4.34. The normalized spacial score (nSPS) is 11.4. The van der Waals surface area contributed by atoms with Gasteiger partial charge in [-0.3, -0.25) is 4.79 Å². The molecule has 1 amide bonds. The number of rotatable bonds is 6. The molecule has 4 N–H and O–H groups in total. The van der Waals surface area contributed by atoms with Crippen molar-refractivity contribution in [3.8, 4) is 17.0 Å². The first kappa shape index (κ1) is 21.8. The van der Waals surface area contributed by atoms with Crippen molar-refractivity contribution in [2.75, 3.05) is 7.11 Å². The summed E-state index contributed by atoms with van der Waals surface area (Å²) in [5, 5.41) is 12.7. The highest BCUT2D eigenvalue weighted by Gasteiger charge is 2.20. The van der Waals surface area contributed by atoms with Crippen molar-refractivity contribution in [3.63, 3.8) is 0 Å². The van der Waals surface area contributed by atoms with Crippen LogP contribution in [0.15, 0.2) is 47.5 Å². The molecule has 0 unspecified atom stereocenters. The molecule has 1 aromatic heterocycles. The number of guanidine groups is 1. The minimum Gasteiger partial charge on any atom is -0.497 e. The number of carbonyl (C=O) groups is 1. The average molecular weight is 445 g/mol. The number of aryl methyl sites for hydroxylation is 1. The summed E-state index contributed by atoms with van der Waals surface area (Å²) >= 11 is 7.28. The highest BCUT2D eigenvalue weighted by Crippen LogP contribution is 2.29. The van der Waals surface area contributed by atoms with E-state index in [2.05, 4.69) is 14.7 Å². The second-order valence-electron chi connectivity index (χ2n) is 6.47. The molecule has 0 spiro atoms. The molecule has 0 saturated heterocycles. The van der Waals surface area contributed by atoms with E-state index >= 15 is 0 Å². The monoisotopic (exact) mass is 444 g/mol. The van der Waals surface area contributed by atoms with E-state index in [1.54, 1.807) is 25.3 Å². The van der Waals surface area contributed by atoms with E-state index in [9.17, 15) is 9.90 Å². The molecule has 0 bridgehead atoms. The Morgan fingerprint density at radius 1 is 1.27 bits per heavy atom. The summed E-state index contributed by atoms with van der Waals surface area (Å²) in [7, 11) is 1.59. The van der Waals surface area contributed by atoms with Gasteiger partial charge < -0.3 is 20.9 Å². The van der Waals surface area contributed by atoms with E-state index in [0.29, 0.717) is 28.4 Å². The highest BCUT2D eigenvalue weighted by molar-refractivity contribution is 7.06. The Morgan fingerprint density at radius 2 is 1.97 bits per heavy atom. The summed E-state index contributed by atoms with van der Waals surface area (Å²) in [5.74, 6) is 0.228. The largest absolute Gasteiger partial charge is 0.497 e. The number of aliphatic hydroxyl groups is 1. The van der Waals surface area contributed by atoms with Gasteiger partial charge >= 0.3 is 0 Å². The predicted molar refractivity (Wildman–Crippen MR) is 119 cm³/mol. The summed E-state index contributed by atoms with van der Waals surface area (Å²) in [6, 6.07) is 12.5. The van der Waals surface area contributed by atoms with Crippen molar-refractivity contribution < 1.29 is 14.6 Å². The molecule has 9 heteroatoms. The molecule has 30 heavy (non-hydrogen) atoms. The lowest BCUT2D eigenvalue weighted by Gasteiger charge is -2.08. The molecule has 156 valence electrons. The lowest BCUT2D eigenvalue weighted by molar-refractivity contribution is 0.100. The fraction of sp³-hybridized carbons (Fsp3) is 0.190. The van der Waals surface area contributed by atoms with Crippen LogP contribution in [0.2, 0.25) is 5.02 Å². The van der Waals surface area contributed by atoms with Gasteiger partial charge in [0, 0.05) is 22.0 Å². The van der Waals surface area contributed by atoms with Gasteiger partial charge in [0.1, 0.15) is 5.75 Å². The van der Waals surface area contributed by atoms with E-state index in [0.717, 1.165) is 21.8 Å². The number of amides is 1. The second kappa shape index (κ2) is 9.71. The minimum absolute atomic E-state index is 0.0168. The number of hydrogen-bond acceptors (Lipinski definition) is 5. The summed E-state index contributed by atoms with van der Waals surface area (Å²) in [6.45, 7) is 2.01. The maximum Gasteiger partial charge on any atom is 0.283 e. The highest BCUT2D eigenvalue weighted by atomic mass is 35.5. The second-order valence-corrected chi connectivity index (χ2v) is 7.89. The molecule has 0 aliphatic carbocycles. The van der Waals surface area contributed by atoms with Crippen LogP contribution in [0, 0.1) is 6.92 Å². The summed E-state index contributed by atoms with van der Waals surface area (Å²) < 4.78 is 9.58. The number of carbonyl (C=O) groups excluding carboxylic acids is 1. The number of ether oxygens (including phenoxy) is 1. The van der Waals surface area contributed by atoms with E-state index in [1.807, 2.05) is 31.2 Å². The number of nitrogens with two attached hydrogens (primary N) is 1. The molecule has 0 atom stereocenters. The lowest BCUT2D eigenvalue weighted by Crippen LogP contribution is -2.32. The molecule has 3 rings (SSSR count). The van der Waals surface area contributed by atoms with Crippen LogP contribution < -0.4 is 15.8 Å². The Morgan fingerprint density at radius 3 is 2.63 bits per heavy atom. The number of nitrogens with zero attached hydrogens (tertiary/aromatic N) is 2. The van der Waals surface area contributed by atoms with Gasteiger partial charge in [0.25, 0.3) is 5.91 Å². The molecule has 3 aromatic rings. The number of aliphatic imine (C=N–C) groups is 1. The Labute approximate surface area is 183 Å². The quantitative estimate of drug-likeness (QED) is 0.396. The van der Waals surface area contributed by atoms with E-state index in [4.69, 9.17) is 22.1 Å². The van der Waals surface area contributed by atoms with Gasteiger partial charge in [-0.2, -0.15) is 9.37 Å². The van der Waals surface area contributed by atoms with Crippen LogP contribution in [0.4, 0.5) is 0 Å². The van der Waals surface area contributed by atoms with Gasteiger partial charge in [-0.25, -0.2) is 0 Å². The third kappa shape index (κ3) is 5.15. The number of halogens is 1. The number of nitrogens with one attached hydrogen (secondary N) is 1. The third-order valence-corrected chi connectivity index (χ3v) is 5.31. The maximum atomic E-state index is 12.8. The SMILES string of the molecule is COc1ccc(-c2nsc(C)c2C(=O)/N=C(\N)NCc2cc(Cl)cc(CO)c2)cc1. The van der Waals surface area contributed by atoms with Crippen molar-refractivity contribution in [2.45, 2.75) is 20.1 Å². The molecule has 0 aliphatic heterocycles. The van der Waals surface area contributed by atoms with Crippen LogP contribution in [0.5, 0.6) is 5.75 Å². The zero-order valence-corrected chi connectivity index (χ0v) is 18.0. The standard InChI is InChI=1S/C21H21ClN4O3S/c1-12-18(19(26-30-12)15-3-5-17(29-2)6-4-15)20(28)25-21(23)24-10-13-7-14(11-27)9-16(22)8-13/h3-9,27H,10-11H2,1-2H3,(H3,23,24,25,28). The van der Waals surface area contributed by atoms with Gasteiger partial charge in [-0.1, -0.05) is 17.7 Å². The van der Waals surface area contributed by atoms with Crippen LogP contribution in [0.25, 0.3) is 11.3 Å². The van der Waals surface area contributed by atoms with Crippen LogP contribution in [0.3, 0.4) is 0 Å². The lowest BCUT2D eigenvalue weighted by atomic mass is 10.1. The molecule has 0 saturated carbocycles. The average Bonchev–Trinajstić information content (AvgIpc) is 3.13. The first-order chi connectivity index (χ1) is 14.4. The van der Waals surface area contributed by atoms with E-state index < -0.39 is 5.91 Å². The number of methoxy groups -OCH3 is 1. The number of benzene rings is 2. The van der Waals surface area contributed by atoms with Crippen molar-refractivity contribution in [1.29, 1.82) is 0 Å². The Balaban J connectivity index is 1.77. The molecule has 7 nitrogen and oxygen atoms in total. The van der Waals surface area contributed by atoms with Gasteiger partial charge in [-0.15, -0.1) is 0 Å². The smallest absolute Gasteiger partial charge is 0.283 e. The Kier molecular flexibility index (Phi) is 7.04. The molecule has 1 heterocycles. The number of hydrogen-bond donors (Lipinski definition) is 3. The maximum absolute atomic E-state index is 12.8. The zero-order chi connectivity index (χ0) is 21.7. The fourth-order valence-corrected chi connectivity index (χ4v) is 3.86. The van der Waals surface area contributed by atoms with Crippen molar-refractivity contribution in [3.05, 3.63) is 69.1 Å². The molecule has 0 radical (unpaired) electrons. The number of aliphatic hydroxyl groups excluding tert-OH is 1. The first-order valence-electron chi connectivity index (χ1n) is 9.03. The zero-order valence-electron chi connectivity index (χ0n) is 16.5. The van der Waals surface area contributed by atoms with Gasteiger partial charge in [0.05, 0.1) is 25.0 Å². The van der Waals surface area contributed by atoms with Gasteiger partial charge in [0.2, 0.25) is 0 Å². The van der Waals surface area contributed by atoms with Crippen molar-refractivity contribution in [1.82, 2.24) is 9.69 Å². The van der Waals surface area contributed by atoms with E-state index in [1.165, 1.54) is 11.5 Å². The van der Waals surface area contributed by atoms with Crippen LogP contribution in [-0.4, -0.2) is 28.5 Å². The molecule has 0 aliphatic rings. The molecule has 0 fully saturated rings. The summed E-state index contributed by atoms with van der Waals surface area (Å²) in [6.07, 6.45) is 0.